The van der Waals surface area contributed by atoms with Crippen molar-refractivity contribution in [1.29, 1.82) is 0 Å². The molecule has 0 aliphatic rings. The maximum Gasteiger partial charge on any atom is 0.345 e. The highest BCUT2D eigenvalue weighted by Crippen LogP contribution is 2.12. The van der Waals surface area contributed by atoms with Crippen LogP contribution in [0.25, 0.3) is 0 Å². The number of carboxylic acid groups (broad SMARTS) is 2. The van der Waals surface area contributed by atoms with Crippen molar-refractivity contribution in [3.05, 3.63) is 30.3 Å². The molecule has 80 valence electrons. The SMILES string of the molecule is O=C(O)C[C@@H](Oc1ccccc1)C(=O)O. The van der Waals surface area contributed by atoms with E-state index in [4.69, 9.17) is 14.9 Å². The number of carbonyl (C=O) groups is 2. The average molecular weight is 210 g/mol. The summed E-state index contributed by atoms with van der Waals surface area (Å²) in [6, 6.07) is 8.24. The number of aliphatic carboxylic acids is 2. The van der Waals surface area contributed by atoms with E-state index in [0.717, 1.165) is 0 Å². The second kappa shape index (κ2) is 4.99. The molecule has 1 atom stereocenters. The van der Waals surface area contributed by atoms with E-state index < -0.39 is 24.5 Å². The maximum atomic E-state index is 10.7. The molecular formula is C10H10O5. The molecule has 15 heavy (non-hydrogen) atoms. The number of carboxylic acids is 2. The first-order valence-corrected chi connectivity index (χ1v) is 4.26. The van der Waals surface area contributed by atoms with Crippen LogP contribution in [0.1, 0.15) is 6.42 Å². The van der Waals surface area contributed by atoms with Gasteiger partial charge in [-0.3, -0.25) is 4.79 Å². The summed E-state index contributed by atoms with van der Waals surface area (Å²) < 4.78 is 5.01. The summed E-state index contributed by atoms with van der Waals surface area (Å²) in [5.74, 6) is -2.16. The van der Waals surface area contributed by atoms with Crippen LogP contribution in [-0.2, 0) is 9.59 Å². The molecule has 0 radical (unpaired) electrons. The molecule has 0 unspecified atom stereocenters. The third-order valence-corrected chi connectivity index (χ3v) is 1.66. The summed E-state index contributed by atoms with van der Waals surface area (Å²) in [5, 5.41) is 17.2. The average Bonchev–Trinajstić information content (AvgIpc) is 2.17. The topological polar surface area (TPSA) is 83.8 Å². The fourth-order valence-electron chi connectivity index (χ4n) is 1.00. The third kappa shape index (κ3) is 3.68. The van der Waals surface area contributed by atoms with E-state index in [2.05, 4.69) is 0 Å². The predicted molar refractivity (Wildman–Crippen MR) is 50.7 cm³/mol. The van der Waals surface area contributed by atoms with E-state index in [1.807, 2.05) is 0 Å². The van der Waals surface area contributed by atoms with Crippen molar-refractivity contribution in [2.75, 3.05) is 0 Å². The Labute approximate surface area is 85.9 Å². The molecule has 5 nitrogen and oxygen atoms in total. The zero-order valence-corrected chi connectivity index (χ0v) is 7.79. The van der Waals surface area contributed by atoms with Gasteiger partial charge in [0.25, 0.3) is 0 Å². The molecule has 0 aromatic heterocycles. The molecule has 2 N–H and O–H groups in total. The van der Waals surface area contributed by atoms with Crippen molar-refractivity contribution in [1.82, 2.24) is 0 Å². The molecule has 1 aromatic rings. The number of rotatable bonds is 5. The maximum absolute atomic E-state index is 10.7. The lowest BCUT2D eigenvalue weighted by Crippen LogP contribution is -2.29. The van der Waals surface area contributed by atoms with Gasteiger partial charge in [0.05, 0.1) is 6.42 Å². The lowest BCUT2D eigenvalue weighted by Gasteiger charge is -2.12. The van der Waals surface area contributed by atoms with Gasteiger partial charge < -0.3 is 14.9 Å². The Bertz CT molecular complexity index is 346. The van der Waals surface area contributed by atoms with Gasteiger partial charge in [-0.2, -0.15) is 0 Å². The highest BCUT2D eigenvalue weighted by Gasteiger charge is 2.22. The smallest absolute Gasteiger partial charge is 0.345 e. The van der Waals surface area contributed by atoms with E-state index >= 15 is 0 Å². The summed E-state index contributed by atoms with van der Waals surface area (Å²) >= 11 is 0. The number of para-hydroxylation sites is 1. The number of hydrogen-bond acceptors (Lipinski definition) is 3. The second-order valence-electron chi connectivity index (χ2n) is 2.86. The third-order valence-electron chi connectivity index (χ3n) is 1.66. The fraction of sp³-hybridized carbons (Fsp3) is 0.200. The van der Waals surface area contributed by atoms with Gasteiger partial charge in [-0.15, -0.1) is 0 Å². The standard InChI is InChI=1S/C10H10O5/c11-9(12)6-8(10(13)14)15-7-4-2-1-3-5-7/h1-5,8H,6H2,(H,11,12)(H,13,14)/t8-/m1/s1. The first-order valence-electron chi connectivity index (χ1n) is 4.26. The molecular weight excluding hydrogens is 200 g/mol. The van der Waals surface area contributed by atoms with Crippen molar-refractivity contribution in [2.24, 2.45) is 0 Å². The van der Waals surface area contributed by atoms with E-state index in [1.165, 1.54) is 0 Å². The predicted octanol–water partition coefficient (Wildman–Crippen LogP) is 0.993. The Kier molecular flexibility index (Phi) is 3.68. The Morgan fingerprint density at radius 1 is 1.20 bits per heavy atom. The van der Waals surface area contributed by atoms with Crippen molar-refractivity contribution in [2.45, 2.75) is 12.5 Å². The monoisotopic (exact) mass is 210 g/mol. The Balaban J connectivity index is 2.67. The van der Waals surface area contributed by atoms with Crippen LogP contribution in [0.5, 0.6) is 5.75 Å². The van der Waals surface area contributed by atoms with Crippen molar-refractivity contribution >= 4 is 11.9 Å². The summed E-state index contributed by atoms with van der Waals surface area (Å²) in [6.45, 7) is 0. The Hall–Kier alpha value is -2.04. The van der Waals surface area contributed by atoms with Gasteiger partial charge in [-0.05, 0) is 12.1 Å². The molecule has 0 aliphatic heterocycles. The van der Waals surface area contributed by atoms with Crippen LogP contribution in [0, 0.1) is 0 Å². The van der Waals surface area contributed by atoms with Crippen LogP contribution in [0.4, 0.5) is 0 Å². The molecule has 1 rings (SSSR count). The molecule has 0 amide bonds. The highest BCUT2D eigenvalue weighted by molar-refractivity contribution is 5.79. The van der Waals surface area contributed by atoms with Crippen molar-refractivity contribution in [3.8, 4) is 5.75 Å². The van der Waals surface area contributed by atoms with Gasteiger partial charge in [0.1, 0.15) is 5.75 Å². The minimum Gasteiger partial charge on any atom is -0.481 e. The Morgan fingerprint density at radius 3 is 2.27 bits per heavy atom. The Morgan fingerprint density at radius 2 is 1.80 bits per heavy atom. The minimum atomic E-state index is -1.36. The number of hydrogen-bond donors (Lipinski definition) is 2. The normalized spacial score (nSPS) is 11.7. The van der Waals surface area contributed by atoms with Crippen LogP contribution >= 0.6 is 0 Å². The molecule has 0 saturated carbocycles. The first-order chi connectivity index (χ1) is 7.09. The summed E-state index contributed by atoms with van der Waals surface area (Å²) in [7, 11) is 0. The summed E-state index contributed by atoms with van der Waals surface area (Å²) in [4.78, 5) is 21.0. The highest BCUT2D eigenvalue weighted by atomic mass is 16.5. The van der Waals surface area contributed by atoms with Gasteiger partial charge >= 0.3 is 11.9 Å². The van der Waals surface area contributed by atoms with E-state index in [9.17, 15) is 9.59 Å². The van der Waals surface area contributed by atoms with Gasteiger partial charge in [-0.25, -0.2) is 4.79 Å². The van der Waals surface area contributed by atoms with Crippen LogP contribution in [0.3, 0.4) is 0 Å². The minimum absolute atomic E-state index is 0.339. The van der Waals surface area contributed by atoms with Gasteiger partial charge in [-0.1, -0.05) is 18.2 Å². The van der Waals surface area contributed by atoms with Crippen molar-refractivity contribution in [3.63, 3.8) is 0 Å². The lowest BCUT2D eigenvalue weighted by molar-refractivity contribution is -0.151. The van der Waals surface area contributed by atoms with E-state index in [-0.39, 0.29) is 0 Å². The van der Waals surface area contributed by atoms with Crippen LogP contribution in [-0.4, -0.2) is 28.3 Å². The fourth-order valence-corrected chi connectivity index (χ4v) is 1.00. The molecule has 0 heterocycles. The lowest BCUT2D eigenvalue weighted by atomic mass is 10.2. The molecule has 0 fully saturated rings. The molecule has 0 bridgehead atoms. The number of ether oxygens (including phenoxy) is 1. The largest absolute Gasteiger partial charge is 0.481 e. The molecule has 5 heteroatoms. The zero-order chi connectivity index (χ0) is 11.3. The molecule has 0 aliphatic carbocycles. The summed E-state index contributed by atoms with van der Waals surface area (Å²) in [5.41, 5.74) is 0. The zero-order valence-electron chi connectivity index (χ0n) is 7.79. The number of benzene rings is 1. The second-order valence-corrected chi connectivity index (χ2v) is 2.86. The summed E-state index contributed by atoms with van der Waals surface area (Å²) in [6.07, 6.45) is -1.92. The van der Waals surface area contributed by atoms with Gasteiger partial charge in [0, 0.05) is 0 Å². The van der Waals surface area contributed by atoms with Gasteiger partial charge in [0.15, 0.2) is 0 Å². The first kappa shape index (κ1) is 11.0. The molecule has 1 aromatic carbocycles. The van der Waals surface area contributed by atoms with Gasteiger partial charge in [0.2, 0.25) is 6.10 Å². The van der Waals surface area contributed by atoms with E-state index in [0.29, 0.717) is 5.75 Å². The quantitative estimate of drug-likeness (QED) is 0.757. The molecule has 0 spiro atoms. The van der Waals surface area contributed by atoms with E-state index in [1.54, 1.807) is 30.3 Å². The molecule has 0 saturated heterocycles. The van der Waals surface area contributed by atoms with Crippen LogP contribution in [0.15, 0.2) is 30.3 Å². The van der Waals surface area contributed by atoms with Crippen molar-refractivity contribution < 1.29 is 24.5 Å². The van der Waals surface area contributed by atoms with Crippen LogP contribution < -0.4 is 4.74 Å². The van der Waals surface area contributed by atoms with Crippen LogP contribution in [0.2, 0.25) is 0 Å².